The van der Waals surface area contributed by atoms with Gasteiger partial charge in [-0.05, 0) is 49.4 Å². The van der Waals surface area contributed by atoms with Crippen molar-refractivity contribution >= 4 is 0 Å². The summed E-state index contributed by atoms with van der Waals surface area (Å²) in [6.07, 6.45) is 1.77. The van der Waals surface area contributed by atoms with Crippen molar-refractivity contribution < 1.29 is 4.74 Å². The molecule has 0 spiro atoms. The first kappa shape index (κ1) is 12.4. The van der Waals surface area contributed by atoms with Gasteiger partial charge in [0, 0.05) is 11.8 Å². The van der Waals surface area contributed by atoms with E-state index in [0.29, 0.717) is 0 Å². The quantitative estimate of drug-likeness (QED) is 0.708. The molecule has 2 aromatic carbocycles. The summed E-state index contributed by atoms with van der Waals surface area (Å²) in [5.74, 6) is 2.41. The van der Waals surface area contributed by atoms with Crippen molar-refractivity contribution in [1.82, 2.24) is 9.97 Å². The highest BCUT2D eigenvalue weighted by Crippen LogP contribution is 2.24. The van der Waals surface area contributed by atoms with E-state index in [9.17, 15) is 0 Å². The summed E-state index contributed by atoms with van der Waals surface area (Å²) < 4.78 is 5.76. The molecule has 0 amide bonds. The SMILES string of the molecule is Cc1nccc(-c2ccc(Oc3ccccc3)cc2)n1. The van der Waals surface area contributed by atoms with Crippen molar-refractivity contribution in [3.8, 4) is 22.8 Å². The molecule has 3 rings (SSSR count). The van der Waals surface area contributed by atoms with Crippen LogP contribution in [0.15, 0.2) is 66.9 Å². The van der Waals surface area contributed by atoms with Crippen LogP contribution in [0.5, 0.6) is 11.5 Å². The first-order valence-corrected chi connectivity index (χ1v) is 6.44. The van der Waals surface area contributed by atoms with E-state index in [-0.39, 0.29) is 0 Å². The highest BCUT2D eigenvalue weighted by molar-refractivity contribution is 5.59. The van der Waals surface area contributed by atoms with Gasteiger partial charge in [0.05, 0.1) is 5.69 Å². The van der Waals surface area contributed by atoms with Crippen LogP contribution in [0.25, 0.3) is 11.3 Å². The van der Waals surface area contributed by atoms with Crippen molar-refractivity contribution in [3.63, 3.8) is 0 Å². The van der Waals surface area contributed by atoms with Crippen LogP contribution in [0.1, 0.15) is 5.82 Å². The third-order valence-electron chi connectivity index (χ3n) is 2.91. The topological polar surface area (TPSA) is 35.0 Å². The average Bonchev–Trinajstić information content (AvgIpc) is 2.49. The van der Waals surface area contributed by atoms with Crippen LogP contribution in [-0.4, -0.2) is 9.97 Å². The third-order valence-corrected chi connectivity index (χ3v) is 2.91. The molecule has 3 aromatic rings. The van der Waals surface area contributed by atoms with Crippen molar-refractivity contribution in [1.29, 1.82) is 0 Å². The van der Waals surface area contributed by atoms with Crippen molar-refractivity contribution in [2.75, 3.05) is 0 Å². The maximum atomic E-state index is 5.76. The van der Waals surface area contributed by atoms with Crippen LogP contribution in [0.4, 0.5) is 0 Å². The van der Waals surface area contributed by atoms with Crippen LogP contribution < -0.4 is 4.74 Å². The van der Waals surface area contributed by atoms with E-state index < -0.39 is 0 Å². The first-order valence-electron chi connectivity index (χ1n) is 6.44. The molecule has 3 heteroatoms. The standard InChI is InChI=1S/C17H14N2O/c1-13-18-12-11-17(19-13)14-7-9-16(10-8-14)20-15-5-3-2-4-6-15/h2-12H,1H3. The largest absolute Gasteiger partial charge is 0.457 e. The number of benzene rings is 2. The number of aryl methyl sites for hydroxylation is 1. The van der Waals surface area contributed by atoms with Gasteiger partial charge < -0.3 is 4.74 Å². The number of ether oxygens (including phenoxy) is 1. The Kier molecular flexibility index (Phi) is 3.42. The van der Waals surface area contributed by atoms with Crippen molar-refractivity contribution in [3.05, 3.63) is 72.7 Å². The van der Waals surface area contributed by atoms with Crippen molar-refractivity contribution in [2.45, 2.75) is 6.92 Å². The highest BCUT2D eigenvalue weighted by atomic mass is 16.5. The summed E-state index contributed by atoms with van der Waals surface area (Å²) in [6, 6.07) is 19.5. The fourth-order valence-electron chi connectivity index (χ4n) is 1.94. The molecule has 0 aliphatic rings. The fourth-order valence-corrected chi connectivity index (χ4v) is 1.94. The summed E-state index contributed by atoms with van der Waals surface area (Å²) in [4.78, 5) is 8.51. The number of hydrogen-bond donors (Lipinski definition) is 0. The van der Waals surface area contributed by atoms with Gasteiger partial charge in [0.1, 0.15) is 17.3 Å². The Balaban J connectivity index is 1.81. The van der Waals surface area contributed by atoms with Crippen molar-refractivity contribution in [2.24, 2.45) is 0 Å². The van der Waals surface area contributed by atoms with Gasteiger partial charge in [-0.15, -0.1) is 0 Å². The number of aromatic nitrogens is 2. The second-order valence-electron chi connectivity index (χ2n) is 4.43. The molecule has 0 N–H and O–H groups in total. The lowest BCUT2D eigenvalue weighted by Crippen LogP contribution is -1.90. The predicted octanol–water partition coefficient (Wildman–Crippen LogP) is 4.24. The lowest BCUT2D eigenvalue weighted by Gasteiger charge is -2.06. The third kappa shape index (κ3) is 2.83. The molecule has 98 valence electrons. The van der Waals surface area contributed by atoms with E-state index in [0.717, 1.165) is 28.6 Å². The molecule has 0 unspecified atom stereocenters. The molecular formula is C17H14N2O. The monoisotopic (exact) mass is 262 g/mol. The van der Waals surface area contributed by atoms with E-state index >= 15 is 0 Å². The summed E-state index contributed by atoms with van der Waals surface area (Å²) in [5, 5.41) is 0. The second-order valence-corrected chi connectivity index (χ2v) is 4.43. The Labute approximate surface area is 117 Å². The maximum absolute atomic E-state index is 5.76. The van der Waals surface area contributed by atoms with Gasteiger partial charge >= 0.3 is 0 Å². The van der Waals surface area contributed by atoms with Gasteiger partial charge in [-0.1, -0.05) is 18.2 Å². The molecular weight excluding hydrogens is 248 g/mol. The minimum absolute atomic E-state index is 0.770. The molecule has 20 heavy (non-hydrogen) atoms. The smallest absolute Gasteiger partial charge is 0.127 e. The molecule has 0 aliphatic heterocycles. The van der Waals surface area contributed by atoms with Gasteiger partial charge in [-0.25, -0.2) is 9.97 Å². The minimum atomic E-state index is 0.770. The Hall–Kier alpha value is -2.68. The molecule has 0 radical (unpaired) electrons. The molecule has 0 fully saturated rings. The van der Waals surface area contributed by atoms with Crippen LogP contribution >= 0.6 is 0 Å². The second kappa shape index (κ2) is 5.53. The average molecular weight is 262 g/mol. The molecule has 0 saturated heterocycles. The number of nitrogens with zero attached hydrogens (tertiary/aromatic N) is 2. The zero-order valence-electron chi connectivity index (χ0n) is 11.2. The lowest BCUT2D eigenvalue weighted by molar-refractivity contribution is 0.483. The van der Waals surface area contributed by atoms with Crippen LogP contribution in [-0.2, 0) is 0 Å². The Morgan fingerprint density at radius 1 is 0.800 bits per heavy atom. The Morgan fingerprint density at radius 3 is 2.20 bits per heavy atom. The van der Waals surface area contributed by atoms with Crippen LogP contribution in [0.3, 0.4) is 0 Å². The van der Waals surface area contributed by atoms with Gasteiger partial charge in [-0.3, -0.25) is 0 Å². The molecule has 0 bridgehead atoms. The number of hydrogen-bond acceptors (Lipinski definition) is 3. The Bertz CT molecular complexity index is 694. The predicted molar refractivity (Wildman–Crippen MR) is 78.7 cm³/mol. The fraction of sp³-hybridized carbons (Fsp3) is 0.0588. The van der Waals surface area contributed by atoms with E-state index in [1.807, 2.05) is 67.6 Å². The summed E-state index contributed by atoms with van der Waals surface area (Å²) >= 11 is 0. The van der Waals surface area contributed by atoms with E-state index in [2.05, 4.69) is 9.97 Å². The summed E-state index contributed by atoms with van der Waals surface area (Å²) in [7, 11) is 0. The summed E-state index contributed by atoms with van der Waals surface area (Å²) in [5.41, 5.74) is 1.97. The Morgan fingerprint density at radius 2 is 1.50 bits per heavy atom. The minimum Gasteiger partial charge on any atom is -0.457 e. The zero-order chi connectivity index (χ0) is 13.8. The normalized spacial score (nSPS) is 10.2. The molecule has 1 heterocycles. The number of rotatable bonds is 3. The first-order chi connectivity index (χ1) is 9.81. The van der Waals surface area contributed by atoms with E-state index in [4.69, 9.17) is 4.74 Å². The molecule has 0 atom stereocenters. The van der Waals surface area contributed by atoms with Gasteiger partial charge in [-0.2, -0.15) is 0 Å². The van der Waals surface area contributed by atoms with E-state index in [1.54, 1.807) is 6.20 Å². The molecule has 1 aromatic heterocycles. The summed E-state index contributed by atoms with van der Waals surface area (Å²) in [6.45, 7) is 1.89. The van der Waals surface area contributed by atoms with E-state index in [1.165, 1.54) is 0 Å². The molecule has 0 saturated carbocycles. The van der Waals surface area contributed by atoms with Crippen LogP contribution in [0.2, 0.25) is 0 Å². The molecule has 3 nitrogen and oxygen atoms in total. The lowest BCUT2D eigenvalue weighted by atomic mass is 10.1. The highest BCUT2D eigenvalue weighted by Gasteiger charge is 2.01. The van der Waals surface area contributed by atoms with Gasteiger partial charge in [0.25, 0.3) is 0 Å². The van der Waals surface area contributed by atoms with Gasteiger partial charge in [0.2, 0.25) is 0 Å². The molecule has 0 aliphatic carbocycles. The van der Waals surface area contributed by atoms with Crippen LogP contribution in [0, 0.1) is 6.92 Å². The maximum Gasteiger partial charge on any atom is 0.127 e. The zero-order valence-corrected chi connectivity index (χ0v) is 11.2. The van der Waals surface area contributed by atoms with Gasteiger partial charge in [0.15, 0.2) is 0 Å². The number of para-hydroxylation sites is 1.